The van der Waals surface area contributed by atoms with Crippen molar-refractivity contribution in [3.8, 4) is 0 Å². The zero-order valence-electron chi connectivity index (χ0n) is 12.5. The molecule has 0 radical (unpaired) electrons. The first-order chi connectivity index (χ1) is 9.53. The van der Waals surface area contributed by atoms with Crippen molar-refractivity contribution in [1.82, 2.24) is 4.31 Å². The lowest BCUT2D eigenvalue weighted by molar-refractivity contribution is 0.256. The Hall–Kier alpha value is -0.870. The Kier molecular flexibility index (Phi) is 5.22. The zero-order chi connectivity index (χ0) is 14.6. The van der Waals surface area contributed by atoms with E-state index < -0.39 is 10.0 Å². The molecule has 20 heavy (non-hydrogen) atoms. The van der Waals surface area contributed by atoms with Crippen molar-refractivity contribution in [2.24, 2.45) is 5.92 Å². The molecule has 1 saturated heterocycles. The normalized spacial score (nSPS) is 21.0. The number of nitrogens with zero attached hydrogens (tertiary/aromatic N) is 1. The van der Waals surface area contributed by atoms with Crippen LogP contribution in [0.2, 0.25) is 0 Å². The molecule has 1 aliphatic heterocycles. The fourth-order valence-electron chi connectivity index (χ4n) is 2.95. The van der Waals surface area contributed by atoms with Crippen LogP contribution >= 0.6 is 0 Å². The molecule has 1 atom stereocenters. The van der Waals surface area contributed by atoms with Crippen molar-refractivity contribution in [2.45, 2.75) is 39.5 Å². The highest BCUT2D eigenvalue weighted by Crippen LogP contribution is 2.24. The number of hydrogen-bond donors (Lipinski definition) is 0. The summed E-state index contributed by atoms with van der Waals surface area (Å²) in [6.07, 6.45) is 4.29. The minimum atomic E-state index is -3.01. The van der Waals surface area contributed by atoms with Gasteiger partial charge >= 0.3 is 0 Å². The smallest absolute Gasteiger partial charge is 0.212 e. The van der Waals surface area contributed by atoms with Gasteiger partial charge in [-0.15, -0.1) is 0 Å². The molecule has 1 aromatic carbocycles. The van der Waals surface area contributed by atoms with E-state index in [4.69, 9.17) is 0 Å². The number of hydrogen-bond acceptors (Lipinski definition) is 2. The highest BCUT2D eigenvalue weighted by atomic mass is 32.2. The molecule has 1 heterocycles. The summed E-state index contributed by atoms with van der Waals surface area (Å²) < 4.78 is 25.6. The van der Waals surface area contributed by atoms with E-state index in [1.54, 1.807) is 11.2 Å². The SMILES string of the molecule is CCS(=O)(=O)N1CCCC(CCc2ccccc2C)C1. The van der Waals surface area contributed by atoms with Crippen molar-refractivity contribution in [3.05, 3.63) is 35.4 Å². The summed E-state index contributed by atoms with van der Waals surface area (Å²) in [4.78, 5) is 0. The highest BCUT2D eigenvalue weighted by Gasteiger charge is 2.27. The van der Waals surface area contributed by atoms with E-state index in [0.29, 0.717) is 19.0 Å². The fraction of sp³-hybridized carbons (Fsp3) is 0.625. The summed E-state index contributed by atoms with van der Waals surface area (Å²) in [5, 5.41) is 0. The van der Waals surface area contributed by atoms with Crippen molar-refractivity contribution < 1.29 is 8.42 Å². The summed E-state index contributed by atoms with van der Waals surface area (Å²) in [6.45, 7) is 5.29. The lowest BCUT2D eigenvalue weighted by atomic mass is 9.91. The van der Waals surface area contributed by atoms with E-state index in [0.717, 1.165) is 25.7 Å². The van der Waals surface area contributed by atoms with Crippen LogP contribution in [0, 0.1) is 12.8 Å². The van der Waals surface area contributed by atoms with Gasteiger partial charge in [0.15, 0.2) is 0 Å². The number of piperidine rings is 1. The molecule has 1 unspecified atom stereocenters. The predicted octanol–water partition coefficient (Wildman–Crippen LogP) is 2.99. The van der Waals surface area contributed by atoms with Gasteiger partial charge in [-0.1, -0.05) is 24.3 Å². The molecule has 0 saturated carbocycles. The van der Waals surface area contributed by atoms with Gasteiger partial charge in [0, 0.05) is 13.1 Å². The highest BCUT2D eigenvalue weighted by molar-refractivity contribution is 7.89. The van der Waals surface area contributed by atoms with Crippen LogP contribution < -0.4 is 0 Å². The molecule has 0 aromatic heterocycles. The Morgan fingerprint density at radius 2 is 2.05 bits per heavy atom. The number of aryl methyl sites for hydroxylation is 2. The maximum absolute atomic E-state index is 12.0. The number of rotatable bonds is 5. The molecule has 3 nitrogen and oxygen atoms in total. The van der Waals surface area contributed by atoms with Gasteiger partial charge in [0.2, 0.25) is 10.0 Å². The molecular weight excluding hydrogens is 270 g/mol. The fourth-order valence-corrected chi connectivity index (χ4v) is 4.16. The van der Waals surface area contributed by atoms with E-state index in [2.05, 4.69) is 31.2 Å². The van der Waals surface area contributed by atoms with Gasteiger partial charge in [0.05, 0.1) is 5.75 Å². The van der Waals surface area contributed by atoms with Crippen LogP contribution in [0.15, 0.2) is 24.3 Å². The Balaban J connectivity index is 1.92. The Labute approximate surface area is 123 Å². The first-order valence-corrected chi connectivity index (χ1v) is 9.16. The molecule has 0 aliphatic carbocycles. The van der Waals surface area contributed by atoms with Gasteiger partial charge in [0.25, 0.3) is 0 Å². The second-order valence-corrected chi connectivity index (χ2v) is 7.99. The molecule has 1 fully saturated rings. The Morgan fingerprint density at radius 1 is 1.30 bits per heavy atom. The van der Waals surface area contributed by atoms with E-state index in [1.165, 1.54) is 11.1 Å². The average molecular weight is 295 g/mol. The van der Waals surface area contributed by atoms with Crippen LogP contribution in [-0.4, -0.2) is 31.6 Å². The van der Waals surface area contributed by atoms with Gasteiger partial charge < -0.3 is 0 Å². The summed E-state index contributed by atoms with van der Waals surface area (Å²) in [5.41, 5.74) is 2.73. The monoisotopic (exact) mass is 295 g/mol. The van der Waals surface area contributed by atoms with Crippen LogP contribution in [-0.2, 0) is 16.4 Å². The van der Waals surface area contributed by atoms with Gasteiger partial charge in [-0.25, -0.2) is 12.7 Å². The molecule has 4 heteroatoms. The minimum absolute atomic E-state index is 0.220. The van der Waals surface area contributed by atoms with Gasteiger partial charge in [-0.05, 0) is 56.6 Å². The molecule has 0 N–H and O–H groups in total. The average Bonchev–Trinajstić information content (AvgIpc) is 2.47. The van der Waals surface area contributed by atoms with Crippen LogP contribution in [0.4, 0.5) is 0 Å². The molecule has 1 aromatic rings. The largest absolute Gasteiger partial charge is 0.213 e. The molecule has 0 spiro atoms. The van der Waals surface area contributed by atoms with Gasteiger partial charge in [-0.2, -0.15) is 0 Å². The number of benzene rings is 1. The van der Waals surface area contributed by atoms with Gasteiger partial charge in [0.1, 0.15) is 0 Å². The summed E-state index contributed by atoms with van der Waals surface area (Å²) in [5.74, 6) is 0.724. The first-order valence-electron chi connectivity index (χ1n) is 7.55. The molecule has 2 rings (SSSR count). The standard InChI is InChI=1S/C16H25NO2S/c1-3-20(18,19)17-12-6-8-15(13-17)10-11-16-9-5-4-7-14(16)2/h4-5,7,9,15H,3,6,8,10-13H2,1-2H3. The van der Waals surface area contributed by atoms with E-state index in [9.17, 15) is 8.42 Å². The van der Waals surface area contributed by atoms with Crippen molar-refractivity contribution >= 4 is 10.0 Å². The predicted molar refractivity (Wildman–Crippen MR) is 83.3 cm³/mol. The van der Waals surface area contributed by atoms with E-state index in [1.807, 2.05) is 0 Å². The van der Waals surface area contributed by atoms with E-state index >= 15 is 0 Å². The molecule has 1 aliphatic rings. The zero-order valence-corrected chi connectivity index (χ0v) is 13.3. The first kappa shape index (κ1) is 15.5. The maximum atomic E-state index is 12.0. The van der Waals surface area contributed by atoms with Crippen LogP contribution in [0.5, 0.6) is 0 Å². The summed E-state index contributed by atoms with van der Waals surface area (Å²) >= 11 is 0. The topological polar surface area (TPSA) is 37.4 Å². The van der Waals surface area contributed by atoms with E-state index in [-0.39, 0.29) is 5.75 Å². The molecule has 0 bridgehead atoms. The van der Waals surface area contributed by atoms with Gasteiger partial charge in [-0.3, -0.25) is 0 Å². The molecule has 0 amide bonds. The summed E-state index contributed by atoms with van der Waals surface area (Å²) in [6, 6.07) is 8.47. The van der Waals surface area contributed by atoms with Crippen molar-refractivity contribution in [2.75, 3.05) is 18.8 Å². The lowest BCUT2D eigenvalue weighted by Crippen LogP contribution is -2.40. The lowest BCUT2D eigenvalue weighted by Gasteiger charge is -2.31. The second kappa shape index (κ2) is 6.72. The Bertz CT molecular complexity index is 539. The Morgan fingerprint density at radius 3 is 2.75 bits per heavy atom. The second-order valence-electron chi connectivity index (χ2n) is 5.73. The minimum Gasteiger partial charge on any atom is -0.212 e. The maximum Gasteiger partial charge on any atom is 0.213 e. The molecule has 112 valence electrons. The summed E-state index contributed by atoms with van der Waals surface area (Å²) in [7, 11) is -3.01. The van der Waals surface area contributed by atoms with Crippen LogP contribution in [0.25, 0.3) is 0 Å². The van der Waals surface area contributed by atoms with Crippen molar-refractivity contribution in [1.29, 1.82) is 0 Å². The quantitative estimate of drug-likeness (QED) is 0.837. The molecular formula is C16H25NO2S. The third kappa shape index (κ3) is 3.83. The van der Waals surface area contributed by atoms with Crippen LogP contribution in [0.3, 0.4) is 0 Å². The third-order valence-electron chi connectivity index (χ3n) is 4.32. The third-order valence-corrected chi connectivity index (χ3v) is 6.17. The van der Waals surface area contributed by atoms with Crippen LogP contribution in [0.1, 0.15) is 37.3 Å². The number of sulfonamides is 1. The van der Waals surface area contributed by atoms with Crippen molar-refractivity contribution in [3.63, 3.8) is 0 Å².